The molecule has 0 aliphatic heterocycles. The van der Waals surface area contributed by atoms with Crippen molar-refractivity contribution in [3.63, 3.8) is 0 Å². The van der Waals surface area contributed by atoms with Gasteiger partial charge in [0.15, 0.2) is 0 Å². The van der Waals surface area contributed by atoms with E-state index in [1.54, 1.807) is 0 Å². The lowest BCUT2D eigenvalue weighted by Gasteiger charge is -2.33. The molecule has 0 amide bonds. The maximum atomic E-state index is 14.1. The second-order valence-electron chi connectivity index (χ2n) is 4.79. The molecule has 1 aromatic heterocycles. The molecule has 6 nitrogen and oxygen atoms in total. The summed E-state index contributed by atoms with van der Waals surface area (Å²) < 4.78 is 43.1. The van der Waals surface area contributed by atoms with Crippen molar-refractivity contribution >= 4 is 11.0 Å². The van der Waals surface area contributed by atoms with Gasteiger partial charge in [-0.3, -0.25) is 0 Å². The van der Waals surface area contributed by atoms with E-state index in [9.17, 15) is 18.1 Å². The van der Waals surface area contributed by atoms with Gasteiger partial charge in [0.25, 0.3) is 0 Å². The van der Waals surface area contributed by atoms with Crippen LogP contribution in [0.15, 0.2) is 30.9 Å². The minimum absolute atomic E-state index is 0.152. The Balaban J connectivity index is 2.50. The highest BCUT2D eigenvalue weighted by Crippen LogP contribution is 2.32. The van der Waals surface area contributed by atoms with Gasteiger partial charge in [-0.2, -0.15) is 5.10 Å². The summed E-state index contributed by atoms with van der Waals surface area (Å²) in [6.45, 7) is 1.33. The third-order valence-corrected chi connectivity index (χ3v) is 4.90. The van der Waals surface area contributed by atoms with Crippen LogP contribution in [0, 0.1) is 11.6 Å². The molecule has 2 N–H and O–H groups in total. The fourth-order valence-electron chi connectivity index (χ4n) is 2.19. The number of nitrogens with one attached hydrogen (secondary N) is 1. The van der Waals surface area contributed by atoms with Crippen LogP contribution in [0.25, 0.3) is 0 Å². The summed E-state index contributed by atoms with van der Waals surface area (Å²) in [4.78, 5) is 3.76. The minimum atomic E-state index is -1.86. The molecule has 0 radical (unpaired) electrons. The van der Waals surface area contributed by atoms with Crippen molar-refractivity contribution in [2.45, 2.75) is 24.3 Å². The van der Waals surface area contributed by atoms with E-state index in [0.717, 1.165) is 12.1 Å². The number of nitrogens with zero attached hydrogens (tertiary/aromatic N) is 3. The smallest absolute Gasteiger partial charge is 0.137 e. The van der Waals surface area contributed by atoms with E-state index in [1.165, 1.54) is 31.3 Å². The Morgan fingerprint density at radius 2 is 2.23 bits per heavy atom. The van der Waals surface area contributed by atoms with Crippen LogP contribution in [0.5, 0.6) is 0 Å². The van der Waals surface area contributed by atoms with Gasteiger partial charge in [0, 0.05) is 11.6 Å². The first-order chi connectivity index (χ1) is 10.4. The van der Waals surface area contributed by atoms with E-state index >= 15 is 0 Å². The fraction of sp³-hybridized carbons (Fsp3) is 0.385. The van der Waals surface area contributed by atoms with Gasteiger partial charge in [0.2, 0.25) is 0 Å². The van der Waals surface area contributed by atoms with Gasteiger partial charge in [0.1, 0.15) is 29.9 Å². The molecule has 0 saturated heterocycles. The summed E-state index contributed by atoms with van der Waals surface area (Å²) in [5, 5.41) is 14.0. The molecule has 0 bridgehead atoms. The van der Waals surface area contributed by atoms with Crippen molar-refractivity contribution < 1.29 is 18.1 Å². The lowest BCUT2D eigenvalue weighted by molar-refractivity contribution is 0.0119. The van der Waals surface area contributed by atoms with Crippen molar-refractivity contribution in [2.75, 3.05) is 7.05 Å². The highest BCUT2D eigenvalue weighted by Gasteiger charge is 2.42. The van der Waals surface area contributed by atoms with E-state index < -0.39 is 33.5 Å². The SMILES string of the molecule is CNS(=O)[C@H](C)[C@](O)(Cn1cncn1)c1ccc(F)cc1F. The number of halogens is 2. The average molecular weight is 330 g/mol. The monoisotopic (exact) mass is 330 g/mol. The summed E-state index contributed by atoms with van der Waals surface area (Å²) in [5.41, 5.74) is -2.01. The zero-order valence-electron chi connectivity index (χ0n) is 12.0. The predicted octanol–water partition coefficient (Wildman–Crippen LogP) is 0.716. The predicted molar refractivity (Wildman–Crippen MR) is 76.9 cm³/mol. The largest absolute Gasteiger partial charge is 0.382 e. The van der Waals surface area contributed by atoms with Gasteiger partial charge >= 0.3 is 0 Å². The highest BCUT2D eigenvalue weighted by atomic mass is 32.2. The van der Waals surface area contributed by atoms with Crippen molar-refractivity contribution in [2.24, 2.45) is 0 Å². The van der Waals surface area contributed by atoms with Gasteiger partial charge in [-0.15, -0.1) is 0 Å². The molecule has 0 saturated carbocycles. The van der Waals surface area contributed by atoms with E-state index in [1.807, 2.05) is 0 Å². The van der Waals surface area contributed by atoms with Gasteiger partial charge < -0.3 is 5.11 Å². The number of hydrogen-bond acceptors (Lipinski definition) is 4. The van der Waals surface area contributed by atoms with Crippen LogP contribution in [0.4, 0.5) is 8.78 Å². The first-order valence-electron chi connectivity index (χ1n) is 6.46. The zero-order valence-corrected chi connectivity index (χ0v) is 12.8. The quantitative estimate of drug-likeness (QED) is 0.818. The first-order valence-corrected chi connectivity index (χ1v) is 7.68. The Labute approximate surface area is 128 Å². The summed E-state index contributed by atoms with van der Waals surface area (Å²) in [5.74, 6) is -1.67. The number of aromatic nitrogens is 3. The number of rotatable bonds is 6. The lowest BCUT2D eigenvalue weighted by atomic mass is 9.90. The molecule has 0 aliphatic rings. The van der Waals surface area contributed by atoms with Crippen molar-refractivity contribution in [3.8, 4) is 0 Å². The molecule has 2 aromatic rings. The molecule has 1 unspecified atom stereocenters. The van der Waals surface area contributed by atoms with Gasteiger partial charge in [-0.05, 0) is 20.0 Å². The molecule has 0 spiro atoms. The normalized spacial score (nSPS) is 17.0. The Bertz CT molecular complexity index is 668. The van der Waals surface area contributed by atoms with E-state index in [4.69, 9.17) is 0 Å². The topological polar surface area (TPSA) is 80.0 Å². The van der Waals surface area contributed by atoms with E-state index in [0.29, 0.717) is 6.07 Å². The summed E-state index contributed by atoms with van der Waals surface area (Å²) >= 11 is 0. The molecule has 1 aromatic carbocycles. The Morgan fingerprint density at radius 3 is 2.77 bits per heavy atom. The van der Waals surface area contributed by atoms with Gasteiger partial charge in [-0.25, -0.2) is 27.4 Å². The van der Waals surface area contributed by atoms with E-state index in [-0.39, 0.29) is 12.1 Å². The van der Waals surface area contributed by atoms with Crippen LogP contribution in [-0.2, 0) is 23.1 Å². The molecule has 9 heteroatoms. The Hall–Kier alpha value is -1.71. The van der Waals surface area contributed by atoms with Crippen molar-refractivity contribution in [3.05, 3.63) is 48.1 Å². The number of benzene rings is 1. The van der Waals surface area contributed by atoms with Crippen LogP contribution in [-0.4, -0.2) is 36.4 Å². The summed E-state index contributed by atoms with van der Waals surface area (Å²) in [7, 11) is -0.177. The molecule has 22 heavy (non-hydrogen) atoms. The van der Waals surface area contributed by atoms with Crippen LogP contribution < -0.4 is 4.72 Å². The molecular formula is C13H16F2N4O2S. The number of aliphatic hydroxyl groups is 1. The van der Waals surface area contributed by atoms with Crippen LogP contribution in [0.3, 0.4) is 0 Å². The summed E-state index contributed by atoms with van der Waals surface area (Å²) in [6, 6.07) is 2.86. The van der Waals surface area contributed by atoms with Crippen molar-refractivity contribution in [1.82, 2.24) is 19.5 Å². The average Bonchev–Trinajstić information content (AvgIpc) is 2.98. The van der Waals surface area contributed by atoms with Crippen LogP contribution in [0.1, 0.15) is 12.5 Å². The van der Waals surface area contributed by atoms with Gasteiger partial charge in [-0.1, -0.05) is 6.07 Å². The zero-order chi connectivity index (χ0) is 16.3. The molecule has 1 heterocycles. The Morgan fingerprint density at radius 1 is 1.50 bits per heavy atom. The fourth-order valence-corrected chi connectivity index (χ4v) is 3.10. The minimum Gasteiger partial charge on any atom is -0.382 e. The Kier molecular flexibility index (Phi) is 4.99. The second-order valence-corrected chi connectivity index (χ2v) is 6.50. The van der Waals surface area contributed by atoms with Crippen LogP contribution >= 0.6 is 0 Å². The highest BCUT2D eigenvalue weighted by molar-refractivity contribution is 7.83. The second kappa shape index (κ2) is 6.59. The summed E-state index contributed by atoms with van der Waals surface area (Å²) in [6.07, 6.45) is 2.61. The standard InChI is InChI=1S/C13H16F2N4O2S/c1-9(22(21)16-2)13(20,6-19-8-17-7-18-19)11-4-3-10(14)5-12(11)15/h3-5,7-9,16,20H,6H2,1-2H3/t9-,13-,22?/m1/s1. The maximum Gasteiger partial charge on any atom is 0.137 e. The number of hydrogen-bond donors (Lipinski definition) is 2. The van der Waals surface area contributed by atoms with E-state index in [2.05, 4.69) is 14.8 Å². The van der Waals surface area contributed by atoms with Crippen LogP contribution in [0.2, 0.25) is 0 Å². The lowest BCUT2D eigenvalue weighted by Crippen LogP contribution is -2.47. The molecule has 0 fully saturated rings. The molecule has 120 valence electrons. The molecule has 3 atom stereocenters. The maximum absolute atomic E-state index is 14.1. The third-order valence-electron chi connectivity index (χ3n) is 3.46. The molecule has 0 aliphatic carbocycles. The first kappa shape index (κ1) is 16.7. The molecular weight excluding hydrogens is 314 g/mol. The third kappa shape index (κ3) is 3.21. The van der Waals surface area contributed by atoms with Crippen molar-refractivity contribution in [1.29, 1.82) is 0 Å². The molecule has 2 rings (SSSR count). The van der Waals surface area contributed by atoms with Gasteiger partial charge in [0.05, 0.1) is 22.8 Å².